The van der Waals surface area contributed by atoms with E-state index in [9.17, 15) is 19.2 Å². The Labute approximate surface area is 833 Å². The molecule has 12 atom stereocenters. The molecule has 746 valence electrons. The van der Waals surface area contributed by atoms with Gasteiger partial charge >= 0.3 is 11.9 Å². The van der Waals surface area contributed by atoms with Gasteiger partial charge in [0.2, 0.25) is 0 Å². The van der Waals surface area contributed by atoms with E-state index in [4.69, 9.17) is 32.7 Å². The van der Waals surface area contributed by atoms with Crippen LogP contribution in [0, 0.1) is 29.6 Å². The van der Waals surface area contributed by atoms with Gasteiger partial charge in [0.1, 0.15) is 18.2 Å². The largest absolute Gasteiger partial charge is 0.481 e. The number of aliphatic hydroxyl groups is 1. The number of nitrogens with zero attached hydrogens (tertiary/aromatic N) is 2. The Morgan fingerprint density at radius 3 is 1.28 bits per heavy atom. The number of thiophene rings is 2. The number of aliphatic hydroxyl groups excluding tert-OH is 1. The molecule has 2 aliphatic carbocycles. The number of hydrogen-bond acceptors (Lipinski definition) is 14. The summed E-state index contributed by atoms with van der Waals surface area (Å²) in [5.74, 6) is 2.74. The van der Waals surface area contributed by atoms with E-state index in [1.807, 2.05) is 127 Å². The van der Waals surface area contributed by atoms with Gasteiger partial charge < -0.3 is 32.7 Å². The van der Waals surface area contributed by atoms with Crippen molar-refractivity contribution in [1.82, 2.24) is 9.97 Å². The molecule has 4 aromatic heterocycles. The molecule has 0 saturated heterocycles. The maximum Gasteiger partial charge on any atom is 0.306 e. The van der Waals surface area contributed by atoms with E-state index in [1.165, 1.54) is 68.5 Å². The van der Waals surface area contributed by atoms with Crippen LogP contribution in [0.5, 0.6) is 0 Å². The average molecular weight is 1960 g/mol. The molecular formula is C117H174N2O11S2Si4. The van der Waals surface area contributed by atoms with Gasteiger partial charge in [0.05, 0.1) is 24.9 Å². The maximum absolute atomic E-state index is 13.5. The van der Waals surface area contributed by atoms with Crippen LogP contribution in [0.1, 0.15) is 327 Å². The van der Waals surface area contributed by atoms with Crippen molar-refractivity contribution in [3.63, 3.8) is 0 Å². The molecule has 6 aromatic carbocycles. The Kier molecular flexibility index (Phi) is 42.9. The van der Waals surface area contributed by atoms with E-state index in [0.717, 1.165) is 144 Å². The lowest BCUT2D eigenvalue weighted by Gasteiger charge is -2.41. The van der Waals surface area contributed by atoms with Crippen LogP contribution < -0.4 is 0 Å². The fourth-order valence-electron chi connectivity index (χ4n) is 19.0. The number of esters is 1. The molecule has 2 unspecified atom stereocenters. The number of fused-ring (bicyclic) bond motifs is 4. The van der Waals surface area contributed by atoms with Gasteiger partial charge in [-0.15, -0.1) is 22.7 Å². The number of rotatable bonds is 44. The summed E-state index contributed by atoms with van der Waals surface area (Å²) in [6.45, 7) is 56.8. The van der Waals surface area contributed by atoms with Crippen LogP contribution >= 0.6 is 22.7 Å². The second-order valence-electron chi connectivity index (χ2n) is 45.4. The van der Waals surface area contributed by atoms with Crippen molar-refractivity contribution in [2.45, 2.75) is 401 Å². The van der Waals surface area contributed by atoms with Crippen molar-refractivity contribution in [2.75, 3.05) is 0 Å². The highest BCUT2D eigenvalue weighted by molar-refractivity contribution is 7.19. The van der Waals surface area contributed by atoms with Crippen LogP contribution in [0.2, 0.25) is 72.5 Å². The van der Waals surface area contributed by atoms with Gasteiger partial charge in [-0.3, -0.25) is 29.1 Å². The molecular weight excluding hydrogens is 1790 g/mol. The molecule has 2 aliphatic rings. The Morgan fingerprint density at radius 1 is 0.434 bits per heavy atom. The van der Waals surface area contributed by atoms with Crippen molar-refractivity contribution in [1.29, 1.82) is 0 Å². The summed E-state index contributed by atoms with van der Waals surface area (Å²) in [5.41, 5.74) is 5.86. The van der Waals surface area contributed by atoms with Crippen LogP contribution in [0.25, 0.3) is 41.7 Å². The van der Waals surface area contributed by atoms with Gasteiger partial charge in [0.15, 0.2) is 33.3 Å². The Bertz CT molecular complexity index is 5320. The Morgan fingerprint density at radius 2 is 0.831 bits per heavy atom. The minimum Gasteiger partial charge on any atom is -0.481 e. The van der Waals surface area contributed by atoms with E-state index >= 15 is 0 Å². The predicted molar refractivity (Wildman–Crippen MR) is 587 cm³/mol. The smallest absolute Gasteiger partial charge is 0.306 e. The number of Topliss-reactive ketones (excluding diaryl/α,β-unsaturated/α-hetero) is 2. The average Bonchev–Trinajstić information content (AvgIpc) is 1.63. The number of benzene rings is 6. The van der Waals surface area contributed by atoms with Crippen LogP contribution in [0.15, 0.2) is 183 Å². The van der Waals surface area contributed by atoms with E-state index < -0.39 is 39.2 Å². The first-order chi connectivity index (χ1) is 63.2. The Hall–Kier alpha value is -6.99. The van der Waals surface area contributed by atoms with Crippen molar-refractivity contribution in [3.8, 4) is 0 Å². The number of carbonyl (C=O) groups is 4. The molecule has 0 aliphatic heterocycles. The SMILES string of the molecule is C.C.CCC(C(=O)Cc1ccc2cnccc2c1)c1ccc(CO)cc1.CCC(C(=O)Cc1ccc2cnccc2c1)c1ccc(COC(=O)CCCCCC[C@@H]2[C@@H](CC[C@@H](O[Si](C)(C)C(C)(C)C)c3cc4ccccc4s3)[C@H](O[Si](C)(C)C(C)(C)C)C[C@@H]2O[Si](C)(C)C(C)(C)C)cc1.C[C@H](CC[C@@H]1[C@@H](CCCCCCCC(=O)O)[C@@H](O[Si](C)(C)C(C)(C)C)C[C@H]1C)c1cc2ccccc2s1. The standard InChI is InChI=1S/C62H93NO6SSi3.C32H52O3SSi.C21H21NO2.2CH4/c1-17-50(53(64)39-45-30-33-49-42-63-37-36-47(49)38-45)46-31-28-44(29-32-46)43-66-59(65)27-21-19-18-20-25-51-52(56(69-73(15,16)62(8,9)10)41-55(51)68-72(13,14)61(5,6)7)34-35-54(67-71(11,12)60(2,3)4)58-40-48-24-22-23-26-57(48)70-58;1-23(30-22-25-15-13-14-17-29(25)36-30)19-20-26-24(2)21-28(35-37(6,7)32(3,4)5)27(26)16-11-9-8-10-12-18-31(33)34;1-2-20(17-6-3-15(14-23)4-7-17)21(24)12-16-5-8-19-13-22-10-9-18(19)11-16;;/h22-24,26,28-33,36-38,40,42,50-52,54-56H,17-21,25,27,34-35,39,41,43H2,1-16H3;13-15,17,22-24,26-28H,8-12,16,18-21H2,1-7H3,(H,33,34);3-11,13,20,23H,2,12,14H2,1H3;2*1H4/t50?,51-,52-,54-,55+,56-;23-,24-,26+,27-,28+;;;/m11.../s1. The second kappa shape index (κ2) is 51.1. The third-order valence-electron chi connectivity index (χ3n) is 31.4. The molecule has 2 N–H and O–H groups in total. The summed E-state index contributed by atoms with van der Waals surface area (Å²) in [7, 11) is -8.15. The molecule has 0 bridgehead atoms. The van der Waals surface area contributed by atoms with Gasteiger partial charge in [-0.1, -0.05) is 292 Å². The number of ketones is 2. The summed E-state index contributed by atoms with van der Waals surface area (Å²) >= 11 is 3.87. The first kappa shape index (κ1) is 114. The van der Waals surface area contributed by atoms with E-state index in [2.05, 4.69) is 239 Å². The first-order valence-electron chi connectivity index (χ1n) is 50.7. The zero-order chi connectivity index (χ0) is 97.7. The molecule has 0 amide bonds. The normalized spacial score (nSPS) is 18.8. The van der Waals surface area contributed by atoms with Crippen molar-refractivity contribution in [3.05, 3.63) is 226 Å². The monoisotopic (exact) mass is 1960 g/mol. The lowest BCUT2D eigenvalue weighted by atomic mass is 9.81. The van der Waals surface area contributed by atoms with E-state index in [0.29, 0.717) is 61.4 Å². The fraction of sp³-hybridized carbons (Fsp3) is 0.573. The molecule has 19 heteroatoms. The number of carboxylic acids is 1. The minimum atomic E-state index is -2.12. The van der Waals surface area contributed by atoms with Gasteiger partial charge in [0.25, 0.3) is 0 Å². The maximum atomic E-state index is 13.5. The number of unbranched alkanes of at least 4 members (excludes halogenated alkanes) is 7. The third-order valence-corrected chi connectivity index (χ3v) is 52.0. The summed E-state index contributed by atoms with van der Waals surface area (Å²) in [5, 5.41) is 25.6. The van der Waals surface area contributed by atoms with Gasteiger partial charge in [-0.05, 0) is 276 Å². The van der Waals surface area contributed by atoms with Crippen molar-refractivity contribution in [2.24, 2.45) is 29.6 Å². The molecule has 4 heterocycles. The number of carbonyl (C=O) groups excluding carboxylic acids is 3. The fourth-order valence-corrected chi connectivity index (χ4v) is 26.8. The van der Waals surface area contributed by atoms with Crippen LogP contribution in [0.4, 0.5) is 0 Å². The highest BCUT2D eigenvalue weighted by Gasteiger charge is 2.53. The molecule has 12 rings (SSSR count). The zero-order valence-corrected chi connectivity index (χ0v) is 91.8. The number of ether oxygens (including phenoxy) is 1. The zero-order valence-electron chi connectivity index (χ0n) is 86.2. The van der Waals surface area contributed by atoms with E-state index in [1.54, 1.807) is 12.4 Å². The number of hydrogen-bond donors (Lipinski definition) is 2. The minimum absolute atomic E-state index is 0. The second-order valence-corrected chi connectivity index (χ2v) is 66.7. The highest BCUT2D eigenvalue weighted by Crippen LogP contribution is 2.53. The number of carboxylic acid groups (broad SMARTS) is 1. The highest BCUT2D eigenvalue weighted by atomic mass is 32.1. The third kappa shape index (κ3) is 32.0. The molecule has 13 nitrogen and oxygen atoms in total. The number of aromatic nitrogens is 2. The molecule has 0 spiro atoms. The van der Waals surface area contributed by atoms with Crippen LogP contribution in [-0.4, -0.2) is 95.3 Å². The summed E-state index contributed by atoms with van der Waals surface area (Å²) in [6.07, 6.45) is 29.4. The Balaban J connectivity index is 0.000000296. The quantitative estimate of drug-likeness (QED) is 0.0209. The topological polar surface area (TPSA) is 181 Å². The summed E-state index contributed by atoms with van der Waals surface area (Å²) < 4.78 is 38.1. The molecule has 0 radical (unpaired) electrons. The molecule has 10 aromatic rings. The number of pyridine rings is 2. The molecule has 2 saturated carbocycles. The van der Waals surface area contributed by atoms with Crippen LogP contribution in [0.3, 0.4) is 0 Å². The molecule has 136 heavy (non-hydrogen) atoms. The number of aliphatic carboxylic acids is 1. The van der Waals surface area contributed by atoms with Crippen molar-refractivity contribution >= 4 is 121 Å². The lowest BCUT2D eigenvalue weighted by Crippen LogP contribution is -2.45. The van der Waals surface area contributed by atoms with Crippen LogP contribution in [-0.2, 0) is 67.7 Å². The van der Waals surface area contributed by atoms with E-state index in [-0.39, 0.29) is 95.9 Å². The lowest BCUT2D eigenvalue weighted by molar-refractivity contribution is -0.145. The summed E-state index contributed by atoms with van der Waals surface area (Å²) in [6, 6.07) is 54.2. The van der Waals surface area contributed by atoms with Gasteiger partial charge in [-0.2, -0.15) is 0 Å². The van der Waals surface area contributed by atoms with Gasteiger partial charge in [0, 0.05) is 98.3 Å². The predicted octanol–water partition coefficient (Wildman–Crippen LogP) is 33.7. The van der Waals surface area contributed by atoms with Gasteiger partial charge in [-0.25, -0.2) is 0 Å². The molecule has 2 fully saturated rings. The first-order valence-corrected chi connectivity index (χ1v) is 64.0. The summed E-state index contributed by atoms with van der Waals surface area (Å²) in [4.78, 5) is 61.3. The van der Waals surface area contributed by atoms with Crippen molar-refractivity contribution < 1.29 is 51.8 Å².